The van der Waals surface area contributed by atoms with Gasteiger partial charge in [0.15, 0.2) is 0 Å². The molecule has 1 aliphatic heterocycles. The summed E-state index contributed by atoms with van der Waals surface area (Å²) in [6.45, 7) is 6.67. The molecule has 1 saturated heterocycles. The number of nitrogens with zero attached hydrogens (tertiary/aromatic N) is 3. The number of aryl methyl sites for hydroxylation is 1. The molecule has 0 radical (unpaired) electrons. The molecule has 0 spiro atoms. The minimum atomic E-state index is 1.08. The van der Waals surface area contributed by atoms with E-state index in [1.54, 1.807) is 11.3 Å². The van der Waals surface area contributed by atoms with Crippen molar-refractivity contribution in [2.45, 2.75) is 13.3 Å². The Morgan fingerprint density at radius 3 is 2.94 bits per heavy atom. The number of hydrogen-bond acceptors (Lipinski definition) is 4. The summed E-state index contributed by atoms with van der Waals surface area (Å²) in [6.07, 6.45) is 1.22. The van der Waals surface area contributed by atoms with E-state index >= 15 is 0 Å². The summed E-state index contributed by atoms with van der Waals surface area (Å²) in [5.41, 5.74) is 0. The van der Waals surface area contributed by atoms with Gasteiger partial charge in [-0.2, -0.15) is 0 Å². The van der Waals surface area contributed by atoms with Gasteiger partial charge in [0.25, 0.3) is 0 Å². The lowest BCUT2D eigenvalue weighted by molar-refractivity contribution is 0.360. The van der Waals surface area contributed by atoms with Crippen molar-refractivity contribution in [3.05, 3.63) is 23.1 Å². The lowest BCUT2D eigenvalue weighted by Gasteiger charge is -2.21. The van der Waals surface area contributed by atoms with Crippen LogP contribution in [0.4, 0.5) is 5.82 Å². The molecule has 2 aromatic rings. The second-order valence-corrected chi connectivity index (χ2v) is 6.30. The molecule has 3 nitrogen and oxygen atoms in total. The van der Waals surface area contributed by atoms with E-state index in [0.717, 1.165) is 25.5 Å². The van der Waals surface area contributed by atoms with Gasteiger partial charge in [0.2, 0.25) is 0 Å². The minimum Gasteiger partial charge on any atom is -0.355 e. The van der Waals surface area contributed by atoms with Crippen LogP contribution >= 0.6 is 11.3 Å². The van der Waals surface area contributed by atoms with Crippen LogP contribution in [0.3, 0.4) is 0 Å². The third kappa shape index (κ3) is 2.35. The fraction of sp³-hybridized carbons (Fsp3) is 0.500. The molecule has 0 bridgehead atoms. The normalized spacial score (nSPS) is 18.2. The minimum absolute atomic E-state index is 1.08. The van der Waals surface area contributed by atoms with Crippen molar-refractivity contribution in [2.75, 3.05) is 38.1 Å². The first-order chi connectivity index (χ1) is 8.72. The van der Waals surface area contributed by atoms with Gasteiger partial charge in [-0.25, -0.2) is 4.98 Å². The molecule has 0 unspecified atom stereocenters. The number of pyridine rings is 1. The van der Waals surface area contributed by atoms with E-state index in [4.69, 9.17) is 4.98 Å². The van der Waals surface area contributed by atoms with Crippen LogP contribution in [0, 0.1) is 6.92 Å². The molecule has 96 valence electrons. The number of fused-ring (bicyclic) bond motifs is 1. The zero-order valence-electron chi connectivity index (χ0n) is 11.0. The van der Waals surface area contributed by atoms with E-state index in [2.05, 4.69) is 42.0 Å². The molecular weight excluding hydrogens is 242 g/mol. The van der Waals surface area contributed by atoms with E-state index in [9.17, 15) is 0 Å². The largest absolute Gasteiger partial charge is 0.355 e. The first-order valence-corrected chi connectivity index (χ1v) is 7.35. The second kappa shape index (κ2) is 4.86. The summed E-state index contributed by atoms with van der Waals surface area (Å²) in [6, 6.07) is 6.59. The Labute approximate surface area is 112 Å². The van der Waals surface area contributed by atoms with Crippen LogP contribution in [0.1, 0.15) is 11.3 Å². The zero-order chi connectivity index (χ0) is 12.5. The summed E-state index contributed by atoms with van der Waals surface area (Å²) < 4.78 is 0. The molecule has 18 heavy (non-hydrogen) atoms. The highest BCUT2D eigenvalue weighted by Gasteiger charge is 2.14. The maximum atomic E-state index is 4.81. The number of hydrogen-bond donors (Lipinski definition) is 0. The van der Waals surface area contributed by atoms with Gasteiger partial charge in [-0.1, -0.05) is 0 Å². The SMILES string of the molecule is Cc1cc2ccc(N3CCCN(C)CC3)nc2s1. The smallest absolute Gasteiger partial charge is 0.130 e. The highest BCUT2D eigenvalue weighted by molar-refractivity contribution is 7.18. The lowest BCUT2D eigenvalue weighted by atomic mass is 10.3. The summed E-state index contributed by atoms with van der Waals surface area (Å²) >= 11 is 1.79. The van der Waals surface area contributed by atoms with Gasteiger partial charge in [-0.3, -0.25) is 0 Å². The molecule has 0 saturated carbocycles. The fourth-order valence-electron chi connectivity index (χ4n) is 2.49. The molecule has 3 rings (SSSR count). The molecule has 1 fully saturated rings. The van der Waals surface area contributed by atoms with Gasteiger partial charge < -0.3 is 9.80 Å². The molecule has 1 aliphatic rings. The van der Waals surface area contributed by atoms with Crippen LogP contribution in [0.2, 0.25) is 0 Å². The Bertz CT molecular complexity index is 549. The third-order valence-corrected chi connectivity index (χ3v) is 4.50. The summed E-state index contributed by atoms with van der Waals surface area (Å²) in [5.74, 6) is 1.14. The molecule has 3 heterocycles. The summed E-state index contributed by atoms with van der Waals surface area (Å²) in [5, 5.41) is 1.27. The molecule has 0 amide bonds. The Hall–Kier alpha value is -1.13. The number of thiophene rings is 1. The van der Waals surface area contributed by atoms with Crippen LogP contribution in [-0.4, -0.2) is 43.1 Å². The van der Waals surface area contributed by atoms with E-state index in [1.807, 2.05) is 0 Å². The van der Waals surface area contributed by atoms with Crippen LogP contribution < -0.4 is 4.90 Å². The quantitative estimate of drug-likeness (QED) is 0.787. The molecular formula is C14H19N3S. The second-order valence-electron chi connectivity index (χ2n) is 5.06. The Morgan fingerprint density at radius 2 is 2.06 bits per heavy atom. The van der Waals surface area contributed by atoms with E-state index in [1.165, 1.54) is 28.1 Å². The lowest BCUT2D eigenvalue weighted by Crippen LogP contribution is -2.29. The molecule has 0 atom stereocenters. The van der Waals surface area contributed by atoms with Crippen LogP contribution in [0.5, 0.6) is 0 Å². The topological polar surface area (TPSA) is 19.4 Å². The van der Waals surface area contributed by atoms with Gasteiger partial charge in [-0.05, 0) is 45.1 Å². The Balaban J connectivity index is 1.88. The highest BCUT2D eigenvalue weighted by atomic mass is 32.1. The predicted molar refractivity (Wildman–Crippen MR) is 78.7 cm³/mol. The van der Waals surface area contributed by atoms with Gasteiger partial charge in [0.05, 0.1) is 0 Å². The summed E-state index contributed by atoms with van der Waals surface area (Å²) in [4.78, 5) is 12.1. The first-order valence-electron chi connectivity index (χ1n) is 6.53. The fourth-order valence-corrected chi connectivity index (χ4v) is 3.36. The summed E-state index contributed by atoms with van der Waals surface area (Å²) in [7, 11) is 2.20. The van der Waals surface area contributed by atoms with Crippen molar-refractivity contribution in [2.24, 2.45) is 0 Å². The molecule has 2 aromatic heterocycles. The number of likely N-dealkylation sites (N-methyl/N-ethyl adjacent to an activating group) is 1. The zero-order valence-corrected chi connectivity index (χ0v) is 11.8. The van der Waals surface area contributed by atoms with Gasteiger partial charge in [0.1, 0.15) is 10.6 Å². The first kappa shape index (κ1) is 11.9. The Morgan fingerprint density at radius 1 is 1.17 bits per heavy atom. The average molecular weight is 261 g/mol. The Kier molecular flexibility index (Phi) is 3.22. The maximum absolute atomic E-state index is 4.81. The standard InChI is InChI=1S/C14H19N3S/c1-11-10-12-4-5-13(15-14(12)18-11)17-7-3-6-16(2)8-9-17/h4-5,10H,3,6-9H2,1-2H3. The molecule has 0 aliphatic carbocycles. The predicted octanol–water partition coefficient (Wildman–Crippen LogP) is 2.75. The molecule has 0 N–H and O–H groups in total. The number of rotatable bonds is 1. The van der Waals surface area contributed by atoms with Gasteiger partial charge in [-0.15, -0.1) is 11.3 Å². The van der Waals surface area contributed by atoms with E-state index in [0.29, 0.717) is 0 Å². The van der Waals surface area contributed by atoms with Crippen molar-refractivity contribution >= 4 is 27.4 Å². The molecule has 0 aromatic carbocycles. The maximum Gasteiger partial charge on any atom is 0.130 e. The number of anilines is 1. The molecule has 4 heteroatoms. The van der Waals surface area contributed by atoms with Crippen molar-refractivity contribution in [3.63, 3.8) is 0 Å². The van der Waals surface area contributed by atoms with Crippen molar-refractivity contribution < 1.29 is 0 Å². The van der Waals surface area contributed by atoms with E-state index < -0.39 is 0 Å². The van der Waals surface area contributed by atoms with E-state index in [-0.39, 0.29) is 0 Å². The van der Waals surface area contributed by atoms with Crippen LogP contribution in [0.15, 0.2) is 18.2 Å². The monoisotopic (exact) mass is 261 g/mol. The van der Waals surface area contributed by atoms with Crippen molar-refractivity contribution in [1.82, 2.24) is 9.88 Å². The third-order valence-electron chi connectivity index (χ3n) is 3.53. The average Bonchev–Trinajstić information content (AvgIpc) is 2.58. The van der Waals surface area contributed by atoms with Gasteiger partial charge >= 0.3 is 0 Å². The van der Waals surface area contributed by atoms with Crippen molar-refractivity contribution in [1.29, 1.82) is 0 Å². The van der Waals surface area contributed by atoms with Crippen LogP contribution in [0.25, 0.3) is 10.2 Å². The van der Waals surface area contributed by atoms with Crippen molar-refractivity contribution in [3.8, 4) is 0 Å². The number of aromatic nitrogens is 1. The highest BCUT2D eigenvalue weighted by Crippen LogP contribution is 2.26. The van der Waals surface area contributed by atoms with Gasteiger partial charge in [0, 0.05) is 29.9 Å². The van der Waals surface area contributed by atoms with Crippen LogP contribution in [-0.2, 0) is 0 Å².